The molecule has 0 aliphatic heterocycles. The van der Waals surface area contributed by atoms with Gasteiger partial charge in [0.2, 0.25) is 0 Å². The summed E-state index contributed by atoms with van der Waals surface area (Å²) in [6, 6.07) is 1.31. The van der Waals surface area contributed by atoms with Crippen LogP contribution in [0.1, 0.15) is 45.4 Å². The van der Waals surface area contributed by atoms with E-state index < -0.39 is 0 Å². The Morgan fingerprint density at radius 2 is 1.88 bits per heavy atom. The molecule has 0 radical (unpaired) electrons. The van der Waals surface area contributed by atoms with Gasteiger partial charge in [-0.3, -0.25) is 0 Å². The van der Waals surface area contributed by atoms with Gasteiger partial charge in [-0.05, 0) is 62.3 Å². The van der Waals surface area contributed by atoms with Gasteiger partial charge in [0.15, 0.2) is 0 Å². The quantitative estimate of drug-likeness (QED) is 0.722. The molecule has 3 fully saturated rings. The predicted octanol–water partition coefficient (Wildman–Crippen LogP) is 2.14. The second kappa shape index (κ2) is 4.30. The Morgan fingerprint density at radius 1 is 1.19 bits per heavy atom. The molecule has 3 saturated carbocycles. The van der Waals surface area contributed by atoms with Crippen LogP contribution in [0, 0.1) is 23.7 Å². The van der Waals surface area contributed by atoms with E-state index in [-0.39, 0.29) is 0 Å². The summed E-state index contributed by atoms with van der Waals surface area (Å²) in [7, 11) is 0. The molecule has 2 bridgehead atoms. The van der Waals surface area contributed by atoms with Gasteiger partial charge < -0.3 is 11.1 Å². The van der Waals surface area contributed by atoms with Gasteiger partial charge in [0.05, 0.1) is 0 Å². The first-order valence-corrected chi connectivity index (χ1v) is 7.30. The lowest BCUT2D eigenvalue weighted by Gasteiger charge is -2.13. The molecule has 3 aliphatic rings. The summed E-state index contributed by atoms with van der Waals surface area (Å²) in [6.45, 7) is 3.37. The van der Waals surface area contributed by atoms with Gasteiger partial charge in [0.25, 0.3) is 0 Å². The molecule has 2 nitrogen and oxygen atoms in total. The van der Waals surface area contributed by atoms with Crippen LogP contribution < -0.4 is 11.1 Å². The average molecular weight is 222 g/mol. The minimum absolute atomic E-state index is 0.424. The Bertz CT molecular complexity index is 237. The van der Waals surface area contributed by atoms with Gasteiger partial charge in [-0.25, -0.2) is 0 Å². The van der Waals surface area contributed by atoms with Crippen LogP contribution in [0.15, 0.2) is 0 Å². The number of nitrogens with two attached hydrogens (primary N) is 1. The van der Waals surface area contributed by atoms with E-state index in [2.05, 4.69) is 12.2 Å². The van der Waals surface area contributed by atoms with E-state index in [1.165, 1.54) is 32.1 Å². The minimum atomic E-state index is 0.424. The van der Waals surface area contributed by atoms with Crippen molar-refractivity contribution in [3.8, 4) is 0 Å². The molecule has 0 spiro atoms. The molecule has 16 heavy (non-hydrogen) atoms. The van der Waals surface area contributed by atoms with Crippen LogP contribution >= 0.6 is 0 Å². The third kappa shape index (κ3) is 1.80. The van der Waals surface area contributed by atoms with Crippen molar-refractivity contribution in [3.63, 3.8) is 0 Å². The minimum Gasteiger partial charge on any atom is -0.328 e. The molecule has 5 atom stereocenters. The first kappa shape index (κ1) is 11.0. The molecule has 0 aromatic carbocycles. The third-order valence-electron chi connectivity index (χ3n) is 5.29. The highest BCUT2D eigenvalue weighted by Crippen LogP contribution is 2.65. The third-order valence-corrected chi connectivity index (χ3v) is 5.29. The van der Waals surface area contributed by atoms with Crippen molar-refractivity contribution in [2.75, 3.05) is 6.54 Å². The van der Waals surface area contributed by atoms with E-state index in [1.807, 2.05) is 0 Å². The standard InChI is InChI=1S/C14H26N2/c1-2-3-11(15)6-7-16-14-12-9-4-5-10(8-9)13(12)14/h9-14,16H,2-8,15H2,1H3. The summed E-state index contributed by atoms with van der Waals surface area (Å²) in [5.41, 5.74) is 6.03. The van der Waals surface area contributed by atoms with Gasteiger partial charge in [0.1, 0.15) is 0 Å². The molecule has 3 aliphatic carbocycles. The lowest BCUT2D eigenvalue weighted by molar-refractivity contribution is 0.445. The summed E-state index contributed by atoms with van der Waals surface area (Å²) in [4.78, 5) is 0. The Hall–Kier alpha value is -0.0800. The summed E-state index contributed by atoms with van der Waals surface area (Å²) in [6.07, 6.45) is 8.19. The number of fused-ring (bicyclic) bond motifs is 5. The van der Waals surface area contributed by atoms with Crippen molar-refractivity contribution in [3.05, 3.63) is 0 Å². The monoisotopic (exact) mass is 222 g/mol. The molecule has 0 aromatic rings. The van der Waals surface area contributed by atoms with E-state index in [9.17, 15) is 0 Å². The summed E-state index contributed by atoms with van der Waals surface area (Å²) >= 11 is 0. The van der Waals surface area contributed by atoms with Crippen molar-refractivity contribution in [1.82, 2.24) is 5.32 Å². The maximum absolute atomic E-state index is 6.03. The van der Waals surface area contributed by atoms with Crippen LogP contribution in [0.3, 0.4) is 0 Å². The van der Waals surface area contributed by atoms with Crippen molar-refractivity contribution in [2.45, 2.75) is 57.5 Å². The fraction of sp³-hybridized carbons (Fsp3) is 1.00. The van der Waals surface area contributed by atoms with Crippen molar-refractivity contribution in [1.29, 1.82) is 0 Å². The smallest absolute Gasteiger partial charge is 0.0136 e. The fourth-order valence-corrected chi connectivity index (χ4v) is 4.55. The maximum Gasteiger partial charge on any atom is 0.0136 e. The number of rotatable bonds is 6. The first-order valence-electron chi connectivity index (χ1n) is 7.30. The normalized spacial score (nSPS) is 45.8. The van der Waals surface area contributed by atoms with Crippen molar-refractivity contribution < 1.29 is 0 Å². The molecular weight excluding hydrogens is 196 g/mol. The van der Waals surface area contributed by atoms with E-state index >= 15 is 0 Å². The molecular formula is C14H26N2. The zero-order valence-corrected chi connectivity index (χ0v) is 10.5. The molecule has 3 N–H and O–H groups in total. The van der Waals surface area contributed by atoms with E-state index in [1.54, 1.807) is 6.42 Å². The zero-order valence-electron chi connectivity index (χ0n) is 10.5. The van der Waals surface area contributed by atoms with Gasteiger partial charge in [-0.15, -0.1) is 0 Å². The van der Waals surface area contributed by atoms with Gasteiger partial charge in [0, 0.05) is 12.1 Å². The second-order valence-electron chi connectivity index (χ2n) is 6.31. The maximum atomic E-state index is 6.03. The number of hydrogen-bond acceptors (Lipinski definition) is 2. The van der Waals surface area contributed by atoms with Gasteiger partial charge >= 0.3 is 0 Å². The molecule has 0 aromatic heterocycles. The van der Waals surface area contributed by atoms with Crippen LogP contribution in [0.25, 0.3) is 0 Å². The summed E-state index contributed by atoms with van der Waals surface area (Å²) in [5.74, 6) is 4.33. The lowest BCUT2D eigenvalue weighted by atomic mass is 10.0. The molecule has 0 saturated heterocycles. The van der Waals surface area contributed by atoms with Crippen LogP contribution in [0.4, 0.5) is 0 Å². The highest BCUT2D eigenvalue weighted by molar-refractivity contribution is 5.16. The van der Waals surface area contributed by atoms with Crippen molar-refractivity contribution in [2.24, 2.45) is 29.4 Å². The van der Waals surface area contributed by atoms with E-state index in [0.29, 0.717) is 6.04 Å². The summed E-state index contributed by atoms with van der Waals surface area (Å²) < 4.78 is 0. The van der Waals surface area contributed by atoms with Gasteiger partial charge in [-0.2, -0.15) is 0 Å². The average Bonchev–Trinajstić information content (AvgIpc) is 2.69. The van der Waals surface area contributed by atoms with Crippen molar-refractivity contribution >= 4 is 0 Å². The Kier molecular flexibility index (Phi) is 2.97. The molecule has 0 heterocycles. The summed E-state index contributed by atoms with van der Waals surface area (Å²) in [5, 5.41) is 3.77. The Morgan fingerprint density at radius 3 is 2.50 bits per heavy atom. The Balaban J connectivity index is 1.36. The lowest BCUT2D eigenvalue weighted by Crippen LogP contribution is -2.29. The highest BCUT2D eigenvalue weighted by atomic mass is 15.0. The van der Waals surface area contributed by atoms with Crippen LogP contribution in [0.2, 0.25) is 0 Å². The van der Waals surface area contributed by atoms with Crippen LogP contribution in [-0.4, -0.2) is 18.6 Å². The number of hydrogen-bond donors (Lipinski definition) is 2. The van der Waals surface area contributed by atoms with Gasteiger partial charge in [-0.1, -0.05) is 13.3 Å². The Labute approximate surface area is 99.4 Å². The first-order chi connectivity index (χ1) is 7.81. The van der Waals surface area contributed by atoms with E-state index in [0.717, 1.165) is 36.3 Å². The SMILES string of the molecule is CCCC(N)CCNC1C2C3CCC(C3)C12. The zero-order chi connectivity index (χ0) is 11.1. The molecule has 3 rings (SSSR count). The molecule has 5 unspecified atom stereocenters. The topological polar surface area (TPSA) is 38.0 Å². The van der Waals surface area contributed by atoms with Crippen LogP contribution in [-0.2, 0) is 0 Å². The van der Waals surface area contributed by atoms with E-state index in [4.69, 9.17) is 5.73 Å². The largest absolute Gasteiger partial charge is 0.328 e. The second-order valence-corrected chi connectivity index (χ2v) is 6.31. The fourth-order valence-electron chi connectivity index (χ4n) is 4.55. The predicted molar refractivity (Wildman–Crippen MR) is 67.1 cm³/mol. The highest BCUT2D eigenvalue weighted by Gasteiger charge is 2.64. The molecule has 2 heteroatoms. The molecule has 0 amide bonds. The molecule has 92 valence electrons. The number of nitrogens with one attached hydrogen (secondary N) is 1. The van der Waals surface area contributed by atoms with Crippen LogP contribution in [0.5, 0.6) is 0 Å².